The fraction of sp³-hybridized carbons (Fsp3) is 0.833. The number of ether oxygens (including phenoxy) is 2. The van der Waals surface area contributed by atoms with Crippen molar-refractivity contribution in [3.63, 3.8) is 0 Å². The first-order valence-corrected chi connectivity index (χ1v) is 5.63. The van der Waals surface area contributed by atoms with Gasteiger partial charge < -0.3 is 9.47 Å². The van der Waals surface area contributed by atoms with Crippen LogP contribution in [-0.2, 0) is 19.1 Å². The van der Waals surface area contributed by atoms with Crippen molar-refractivity contribution >= 4 is 12.4 Å². The van der Waals surface area contributed by atoms with Crippen LogP contribution in [-0.4, -0.2) is 25.2 Å². The van der Waals surface area contributed by atoms with E-state index in [4.69, 9.17) is 4.74 Å². The van der Waals surface area contributed by atoms with Crippen LogP contribution in [0.5, 0.6) is 0 Å². The Bertz CT molecular complexity index is 218. The molecule has 16 heavy (non-hydrogen) atoms. The predicted octanol–water partition coefficient (Wildman–Crippen LogP) is 2.22. The zero-order valence-corrected chi connectivity index (χ0v) is 10.5. The number of esters is 1. The Kier molecular flexibility index (Phi) is 6.77. The molecular weight excluding hydrogens is 208 g/mol. The van der Waals surface area contributed by atoms with Gasteiger partial charge in [-0.2, -0.15) is 0 Å². The molecule has 0 saturated heterocycles. The van der Waals surface area contributed by atoms with Gasteiger partial charge in [-0.15, -0.1) is 0 Å². The molecule has 0 rings (SSSR count). The van der Waals surface area contributed by atoms with Crippen LogP contribution in [0, 0.1) is 5.41 Å². The van der Waals surface area contributed by atoms with Crippen molar-refractivity contribution in [1.82, 2.24) is 0 Å². The van der Waals surface area contributed by atoms with Crippen LogP contribution >= 0.6 is 0 Å². The maximum atomic E-state index is 11.6. The van der Waals surface area contributed by atoms with Gasteiger partial charge in [0.2, 0.25) is 6.10 Å². The van der Waals surface area contributed by atoms with Crippen molar-refractivity contribution in [2.75, 3.05) is 6.61 Å². The molecule has 0 N–H and O–H groups in total. The molecule has 1 atom stereocenters. The van der Waals surface area contributed by atoms with Gasteiger partial charge in [0.05, 0.1) is 6.61 Å². The van der Waals surface area contributed by atoms with E-state index in [-0.39, 0.29) is 0 Å². The molecule has 0 aromatic carbocycles. The summed E-state index contributed by atoms with van der Waals surface area (Å²) < 4.78 is 9.69. The van der Waals surface area contributed by atoms with E-state index in [0.717, 1.165) is 19.3 Å². The van der Waals surface area contributed by atoms with Crippen molar-refractivity contribution in [2.24, 2.45) is 5.41 Å². The molecule has 0 amide bonds. The lowest BCUT2D eigenvalue weighted by molar-refractivity contribution is -0.158. The molecule has 0 bridgehead atoms. The third-order valence-corrected chi connectivity index (χ3v) is 2.16. The molecule has 0 aliphatic heterocycles. The quantitative estimate of drug-likeness (QED) is 0.496. The van der Waals surface area contributed by atoms with Gasteiger partial charge in [-0.25, -0.2) is 9.59 Å². The van der Waals surface area contributed by atoms with Gasteiger partial charge in [0, 0.05) is 5.41 Å². The van der Waals surface area contributed by atoms with Gasteiger partial charge in [-0.05, 0) is 6.42 Å². The number of unbranched alkanes of at least 4 members (excludes halogenated alkanes) is 2. The number of carbonyl (C=O) groups excluding carboxylic acids is 2. The highest BCUT2D eigenvalue weighted by atomic mass is 16.6. The predicted molar refractivity (Wildman–Crippen MR) is 60.5 cm³/mol. The molecule has 4 heteroatoms. The standard InChI is InChI=1S/C12H21O4/c1-5-6-7-8-15-11(14)10(16-9-13)12(2,3)4/h10H,5-8H2,1-4H3. The fourth-order valence-corrected chi connectivity index (χ4v) is 1.23. The molecule has 1 radical (unpaired) electrons. The summed E-state index contributed by atoms with van der Waals surface area (Å²) in [5, 5.41) is 0. The molecule has 0 heterocycles. The summed E-state index contributed by atoms with van der Waals surface area (Å²) in [6.07, 6.45) is 2.04. The Morgan fingerprint density at radius 2 is 1.94 bits per heavy atom. The number of carbonyl (C=O) groups is 1. The smallest absolute Gasteiger partial charge is 0.418 e. The van der Waals surface area contributed by atoms with Crippen molar-refractivity contribution < 1.29 is 19.1 Å². The van der Waals surface area contributed by atoms with Gasteiger partial charge >= 0.3 is 12.4 Å². The molecule has 93 valence electrons. The summed E-state index contributed by atoms with van der Waals surface area (Å²) in [6, 6.07) is 0. The summed E-state index contributed by atoms with van der Waals surface area (Å²) in [4.78, 5) is 21.8. The highest BCUT2D eigenvalue weighted by molar-refractivity contribution is 5.76. The lowest BCUT2D eigenvalue weighted by Gasteiger charge is -2.26. The second kappa shape index (κ2) is 7.25. The summed E-state index contributed by atoms with van der Waals surface area (Å²) >= 11 is 0. The molecular formula is C12H21O4. The van der Waals surface area contributed by atoms with Gasteiger partial charge in [-0.3, -0.25) is 0 Å². The zero-order valence-electron chi connectivity index (χ0n) is 10.5. The fourth-order valence-electron chi connectivity index (χ4n) is 1.23. The highest BCUT2D eigenvalue weighted by Crippen LogP contribution is 2.22. The second-order valence-electron chi connectivity index (χ2n) is 4.82. The number of hydrogen-bond acceptors (Lipinski definition) is 4. The molecule has 0 aromatic rings. The average molecular weight is 229 g/mol. The first-order valence-electron chi connectivity index (χ1n) is 5.63. The Morgan fingerprint density at radius 3 is 2.38 bits per heavy atom. The summed E-state index contributed by atoms with van der Waals surface area (Å²) in [7, 11) is 0. The van der Waals surface area contributed by atoms with Gasteiger partial charge in [-0.1, -0.05) is 40.5 Å². The SMILES string of the molecule is CCCCCOC(=O)C(O[C]=O)C(C)(C)C. The summed E-state index contributed by atoms with van der Waals surface area (Å²) in [5.74, 6) is -0.494. The van der Waals surface area contributed by atoms with Crippen LogP contribution < -0.4 is 0 Å². The Hall–Kier alpha value is -1.06. The topological polar surface area (TPSA) is 52.6 Å². The third kappa shape index (κ3) is 5.73. The molecule has 0 spiro atoms. The minimum atomic E-state index is -0.883. The van der Waals surface area contributed by atoms with Crippen molar-refractivity contribution in [2.45, 2.75) is 53.1 Å². The van der Waals surface area contributed by atoms with Crippen LogP contribution in [0.15, 0.2) is 0 Å². The number of rotatable bonds is 7. The zero-order chi connectivity index (χ0) is 12.6. The van der Waals surface area contributed by atoms with Crippen LogP contribution in [0.1, 0.15) is 47.0 Å². The van der Waals surface area contributed by atoms with E-state index >= 15 is 0 Å². The monoisotopic (exact) mass is 229 g/mol. The molecule has 1 unspecified atom stereocenters. The Morgan fingerprint density at radius 1 is 1.31 bits per heavy atom. The van der Waals surface area contributed by atoms with Crippen LogP contribution in [0.2, 0.25) is 0 Å². The van der Waals surface area contributed by atoms with Gasteiger partial charge in [0.15, 0.2) is 0 Å². The van der Waals surface area contributed by atoms with E-state index in [9.17, 15) is 9.59 Å². The van der Waals surface area contributed by atoms with E-state index in [2.05, 4.69) is 11.7 Å². The van der Waals surface area contributed by atoms with E-state index < -0.39 is 17.5 Å². The normalized spacial score (nSPS) is 13.0. The number of hydrogen-bond donors (Lipinski definition) is 0. The van der Waals surface area contributed by atoms with E-state index in [1.54, 1.807) is 0 Å². The van der Waals surface area contributed by atoms with Crippen LogP contribution in [0.25, 0.3) is 0 Å². The van der Waals surface area contributed by atoms with Crippen molar-refractivity contribution in [1.29, 1.82) is 0 Å². The molecule has 0 aliphatic carbocycles. The molecule has 0 aliphatic rings. The van der Waals surface area contributed by atoms with E-state index in [0.29, 0.717) is 6.61 Å². The molecule has 0 aromatic heterocycles. The minimum absolute atomic E-state index is 0.376. The lowest BCUT2D eigenvalue weighted by atomic mass is 9.89. The first-order chi connectivity index (χ1) is 7.43. The first kappa shape index (κ1) is 14.9. The van der Waals surface area contributed by atoms with Crippen LogP contribution in [0.3, 0.4) is 0 Å². The largest absolute Gasteiger partial charge is 0.463 e. The second-order valence-corrected chi connectivity index (χ2v) is 4.82. The molecule has 4 nitrogen and oxygen atoms in total. The molecule has 0 fully saturated rings. The van der Waals surface area contributed by atoms with Gasteiger partial charge in [0.25, 0.3) is 0 Å². The summed E-state index contributed by atoms with van der Waals surface area (Å²) in [5.41, 5.74) is -0.473. The summed E-state index contributed by atoms with van der Waals surface area (Å²) in [6.45, 7) is 9.18. The maximum Gasteiger partial charge on any atom is 0.418 e. The third-order valence-electron chi connectivity index (χ3n) is 2.16. The highest BCUT2D eigenvalue weighted by Gasteiger charge is 2.34. The molecule has 0 saturated carbocycles. The van der Waals surface area contributed by atoms with E-state index in [1.807, 2.05) is 20.8 Å². The van der Waals surface area contributed by atoms with Crippen molar-refractivity contribution in [3.8, 4) is 0 Å². The Balaban J connectivity index is 4.13. The van der Waals surface area contributed by atoms with E-state index in [1.165, 1.54) is 6.47 Å². The Labute approximate surface area is 97.3 Å². The lowest BCUT2D eigenvalue weighted by Crippen LogP contribution is -2.38. The van der Waals surface area contributed by atoms with Crippen LogP contribution in [0.4, 0.5) is 0 Å². The minimum Gasteiger partial charge on any atom is -0.463 e. The average Bonchev–Trinajstić information content (AvgIpc) is 2.19. The maximum absolute atomic E-state index is 11.6. The van der Waals surface area contributed by atoms with Crippen molar-refractivity contribution in [3.05, 3.63) is 0 Å². The van der Waals surface area contributed by atoms with Gasteiger partial charge in [0.1, 0.15) is 0 Å².